The molecular weight excluding hydrogens is 392 g/mol. The quantitative estimate of drug-likeness (QED) is 0.522. The summed E-state index contributed by atoms with van der Waals surface area (Å²) in [5.41, 5.74) is 9.34. The van der Waals surface area contributed by atoms with Crippen LogP contribution in [0.3, 0.4) is 0 Å². The monoisotopic (exact) mass is 416 g/mol. The van der Waals surface area contributed by atoms with Crippen LogP contribution in [0.25, 0.3) is 22.1 Å². The highest BCUT2D eigenvalue weighted by Crippen LogP contribution is 2.28. The lowest BCUT2D eigenvalue weighted by molar-refractivity contribution is -0.117. The van der Waals surface area contributed by atoms with Crippen molar-refractivity contribution in [1.29, 1.82) is 0 Å². The number of aromatic nitrogens is 3. The Hall–Kier alpha value is -3.87. The van der Waals surface area contributed by atoms with Crippen molar-refractivity contribution >= 4 is 16.7 Å². The molecule has 0 aliphatic heterocycles. The lowest BCUT2D eigenvalue weighted by Gasteiger charge is -2.10. The summed E-state index contributed by atoms with van der Waals surface area (Å²) in [5, 5.41) is 5.86. The normalized spacial score (nSPS) is 11.1. The number of nitrogens with two attached hydrogens (primary N) is 1. The van der Waals surface area contributed by atoms with Gasteiger partial charge < -0.3 is 15.0 Å². The Kier molecular flexibility index (Phi) is 5.33. The molecule has 0 radical (unpaired) electrons. The van der Waals surface area contributed by atoms with Crippen LogP contribution in [-0.4, -0.2) is 27.4 Å². The topological polar surface area (TPSA) is 92.1 Å². The third-order valence-corrected chi connectivity index (χ3v) is 5.53. The van der Waals surface area contributed by atoms with Crippen molar-refractivity contribution in [2.45, 2.75) is 26.7 Å². The van der Waals surface area contributed by atoms with Gasteiger partial charge in [0.1, 0.15) is 5.75 Å². The first-order chi connectivity index (χ1) is 14.9. The van der Waals surface area contributed by atoms with Crippen molar-refractivity contribution < 1.29 is 9.53 Å². The number of benzene rings is 2. The number of carbonyl (C=O) groups excluding carboxylic acids is 1. The van der Waals surface area contributed by atoms with Crippen LogP contribution < -0.4 is 16.0 Å². The first-order valence-corrected chi connectivity index (χ1v) is 10.0. The molecule has 2 aromatic heterocycles. The first kappa shape index (κ1) is 20.4. The summed E-state index contributed by atoms with van der Waals surface area (Å²) >= 11 is 0. The molecule has 31 heavy (non-hydrogen) atoms. The van der Waals surface area contributed by atoms with Crippen molar-refractivity contribution in [1.82, 2.24) is 14.3 Å². The summed E-state index contributed by atoms with van der Waals surface area (Å²) < 4.78 is 8.80. The molecule has 2 aromatic carbocycles. The average molecular weight is 416 g/mol. The molecule has 0 saturated heterocycles. The number of fused-ring (bicyclic) bond motifs is 1. The molecule has 0 atom stereocenters. The van der Waals surface area contributed by atoms with Crippen LogP contribution in [0.2, 0.25) is 0 Å². The van der Waals surface area contributed by atoms with E-state index in [1.54, 1.807) is 13.3 Å². The summed E-state index contributed by atoms with van der Waals surface area (Å²) in [4.78, 5) is 24.5. The SMILES string of the molecule is COc1cccc(-n2c(C)c3cnn(-c4cccc(CCC(N)=O)c4)c(=O)c3c2C)c1. The molecule has 0 aliphatic rings. The van der Waals surface area contributed by atoms with Crippen LogP contribution >= 0.6 is 0 Å². The van der Waals surface area contributed by atoms with Crippen molar-refractivity contribution in [3.63, 3.8) is 0 Å². The maximum Gasteiger partial charge on any atom is 0.281 e. The standard InChI is InChI=1S/C24H24N4O3/c1-15-21-14-26-28(19-8-4-6-17(12-19)10-11-22(25)29)24(30)23(21)16(2)27(15)18-7-5-9-20(13-18)31-3/h4-9,12-14H,10-11H2,1-3H3,(H2,25,29). The molecule has 2 heterocycles. The molecule has 7 heteroatoms. The van der Waals surface area contributed by atoms with E-state index in [4.69, 9.17) is 10.5 Å². The number of nitrogens with zero attached hydrogens (tertiary/aromatic N) is 3. The predicted molar refractivity (Wildman–Crippen MR) is 120 cm³/mol. The zero-order valence-electron chi connectivity index (χ0n) is 17.8. The van der Waals surface area contributed by atoms with E-state index < -0.39 is 0 Å². The van der Waals surface area contributed by atoms with Crippen molar-refractivity contribution in [2.75, 3.05) is 7.11 Å². The number of hydrogen-bond donors (Lipinski definition) is 1. The van der Waals surface area contributed by atoms with E-state index in [-0.39, 0.29) is 17.9 Å². The number of carbonyl (C=O) groups is 1. The molecule has 158 valence electrons. The zero-order valence-corrected chi connectivity index (χ0v) is 17.8. The Morgan fingerprint density at radius 3 is 2.55 bits per heavy atom. The second kappa shape index (κ2) is 8.10. The van der Waals surface area contributed by atoms with Crippen molar-refractivity contribution in [3.05, 3.63) is 82.0 Å². The molecule has 4 aromatic rings. The third kappa shape index (κ3) is 3.70. The smallest absolute Gasteiger partial charge is 0.281 e. The van der Waals surface area contributed by atoms with Crippen LogP contribution in [0.1, 0.15) is 23.4 Å². The van der Waals surface area contributed by atoms with Gasteiger partial charge in [-0.05, 0) is 50.1 Å². The second-order valence-electron chi connectivity index (χ2n) is 7.49. The first-order valence-electron chi connectivity index (χ1n) is 10.0. The Morgan fingerprint density at radius 2 is 1.81 bits per heavy atom. The Labute approximate surface area is 179 Å². The maximum atomic E-state index is 13.4. The Morgan fingerprint density at radius 1 is 1.06 bits per heavy atom. The van der Waals surface area contributed by atoms with E-state index in [9.17, 15) is 9.59 Å². The van der Waals surface area contributed by atoms with E-state index in [0.29, 0.717) is 17.5 Å². The molecule has 7 nitrogen and oxygen atoms in total. The number of ether oxygens (including phenoxy) is 1. The highest BCUT2D eigenvalue weighted by Gasteiger charge is 2.18. The van der Waals surface area contributed by atoms with Gasteiger partial charge in [0, 0.05) is 34.9 Å². The number of aryl methyl sites for hydroxylation is 3. The van der Waals surface area contributed by atoms with Gasteiger partial charge in [0.05, 0.1) is 24.4 Å². The Bertz CT molecular complexity index is 1350. The summed E-state index contributed by atoms with van der Waals surface area (Å²) in [6.07, 6.45) is 2.50. The molecule has 0 saturated carbocycles. The largest absolute Gasteiger partial charge is 0.497 e. The zero-order chi connectivity index (χ0) is 22.1. The van der Waals surface area contributed by atoms with Crippen LogP contribution in [-0.2, 0) is 11.2 Å². The molecule has 0 bridgehead atoms. The van der Waals surface area contributed by atoms with E-state index in [1.807, 2.05) is 66.9 Å². The molecular formula is C24H24N4O3. The third-order valence-electron chi connectivity index (χ3n) is 5.53. The van der Waals surface area contributed by atoms with E-state index in [2.05, 4.69) is 5.10 Å². The molecule has 2 N–H and O–H groups in total. The fourth-order valence-electron chi connectivity index (χ4n) is 3.99. The number of rotatable bonds is 6. The fourth-order valence-corrected chi connectivity index (χ4v) is 3.99. The van der Waals surface area contributed by atoms with Crippen molar-refractivity contribution in [3.8, 4) is 17.1 Å². The van der Waals surface area contributed by atoms with Gasteiger partial charge in [0.25, 0.3) is 5.56 Å². The minimum Gasteiger partial charge on any atom is -0.497 e. The fraction of sp³-hybridized carbons (Fsp3) is 0.208. The van der Waals surface area contributed by atoms with Gasteiger partial charge in [-0.25, -0.2) is 0 Å². The van der Waals surface area contributed by atoms with Gasteiger partial charge >= 0.3 is 0 Å². The molecule has 0 aliphatic carbocycles. The van der Waals surface area contributed by atoms with Gasteiger partial charge in [-0.3, -0.25) is 9.59 Å². The second-order valence-corrected chi connectivity index (χ2v) is 7.49. The number of hydrogen-bond acceptors (Lipinski definition) is 4. The van der Waals surface area contributed by atoms with Gasteiger partial charge in [-0.15, -0.1) is 0 Å². The van der Waals surface area contributed by atoms with Gasteiger partial charge in [-0.1, -0.05) is 18.2 Å². The van der Waals surface area contributed by atoms with Crippen molar-refractivity contribution in [2.24, 2.45) is 5.73 Å². The minimum atomic E-state index is -0.355. The predicted octanol–water partition coefficient (Wildman–Crippen LogP) is 3.22. The van der Waals surface area contributed by atoms with Crippen LogP contribution in [0.15, 0.2) is 59.5 Å². The lowest BCUT2D eigenvalue weighted by Crippen LogP contribution is -2.21. The number of methoxy groups -OCH3 is 1. The van der Waals surface area contributed by atoms with Gasteiger partial charge in [0.2, 0.25) is 5.91 Å². The van der Waals surface area contributed by atoms with Gasteiger partial charge in [0.15, 0.2) is 0 Å². The molecule has 4 rings (SSSR count). The molecule has 0 spiro atoms. The summed E-state index contributed by atoms with van der Waals surface area (Å²) in [6, 6.07) is 15.2. The van der Waals surface area contributed by atoms with E-state index in [1.165, 1.54) is 4.68 Å². The van der Waals surface area contributed by atoms with Crippen LogP contribution in [0.4, 0.5) is 0 Å². The van der Waals surface area contributed by atoms with E-state index in [0.717, 1.165) is 33.8 Å². The molecule has 0 unspecified atom stereocenters. The lowest BCUT2D eigenvalue weighted by atomic mass is 10.1. The average Bonchev–Trinajstić information content (AvgIpc) is 3.03. The van der Waals surface area contributed by atoms with Crippen LogP contribution in [0.5, 0.6) is 5.75 Å². The Balaban J connectivity index is 1.85. The van der Waals surface area contributed by atoms with E-state index >= 15 is 0 Å². The number of primary amides is 1. The number of amides is 1. The van der Waals surface area contributed by atoms with Crippen LogP contribution in [0, 0.1) is 13.8 Å². The van der Waals surface area contributed by atoms with Gasteiger partial charge in [-0.2, -0.15) is 9.78 Å². The summed E-state index contributed by atoms with van der Waals surface area (Å²) in [7, 11) is 1.63. The maximum absolute atomic E-state index is 13.4. The molecule has 0 fully saturated rings. The summed E-state index contributed by atoms with van der Waals surface area (Å²) in [6.45, 7) is 3.91. The molecule has 1 amide bonds. The minimum absolute atomic E-state index is 0.188. The highest BCUT2D eigenvalue weighted by atomic mass is 16.5. The summed E-state index contributed by atoms with van der Waals surface area (Å²) in [5.74, 6) is 0.393. The highest BCUT2D eigenvalue weighted by molar-refractivity contribution is 5.88.